The Labute approximate surface area is 223 Å². The molecule has 0 spiro atoms. The molecule has 0 saturated heterocycles. The molecule has 37 heavy (non-hydrogen) atoms. The number of carbonyl (C=O) groups excluding carboxylic acids is 1. The number of hydrogen-bond donors (Lipinski definition) is 0. The van der Waals surface area contributed by atoms with E-state index in [1.807, 2.05) is 31.4 Å². The van der Waals surface area contributed by atoms with Crippen molar-refractivity contribution in [3.63, 3.8) is 0 Å². The number of rotatable bonds is 8. The molecule has 2 heterocycles. The first-order valence-corrected chi connectivity index (χ1v) is 16.4. The molecule has 2 aromatic heterocycles. The van der Waals surface area contributed by atoms with E-state index < -0.39 is 8.32 Å². The number of allylic oxidation sites excluding steroid dienone is 2. The van der Waals surface area contributed by atoms with Crippen LogP contribution in [-0.4, -0.2) is 30.3 Å². The van der Waals surface area contributed by atoms with Crippen molar-refractivity contribution in [1.82, 2.24) is 9.38 Å². The first kappa shape index (κ1) is 27.2. The van der Waals surface area contributed by atoms with E-state index in [2.05, 4.69) is 71.1 Å². The number of hydrogen-bond acceptors (Lipinski definition) is 4. The van der Waals surface area contributed by atoms with Crippen molar-refractivity contribution in [2.45, 2.75) is 85.9 Å². The average molecular weight is 519 g/mol. The first-order valence-electron chi connectivity index (χ1n) is 13.5. The molecule has 0 radical (unpaired) electrons. The van der Waals surface area contributed by atoms with Crippen LogP contribution in [0.15, 0.2) is 36.5 Å². The molecule has 0 aliphatic heterocycles. The summed E-state index contributed by atoms with van der Waals surface area (Å²) in [4.78, 5) is 18.3. The minimum absolute atomic E-state index is 0.000725. The number of esters is 1. The lowest BCUT2D eigenvalue weighted by Gasteiger charge is -2.42. The molecule has 198 valence electrons. The van der Waals surface area contributed by atoms with Gasteiger partial charge in [0.1, 0.15) is 0 Å². The van der Waals surface area contributed by atoms with Crippen LogP contribution < -0.4 is 4.43 Å². The van der Waals surface area contributed by atoms with Gasteiger partial charge in [-0.2, -0.15) is 0 Å². The minimum Gasteiger partial charge on any atom is -0.541 e. The van der Waals surface area contributed by atoms with Crippen molar-refractivity contribution in [3.8, 4) is 5.75 Å². The standard InChI is InChI=1S/C31H42N2O3Si/c1-10-35-30(34)27-19-33-22(5)21(4)32-29(33)28(36-37(8,9)31(6,7)20(2)3)26(27)18-17-24-16-15-23-13-11-12-14-25(23)24/h11-14,17,19-20H,10,15-16,18H2,1-9H3/b24-17+. The van der Waals surface area contributed by atoms with Crippen LogP contribution >= 0.6 is 0 Å². The molecule has 1 aliphatic rings. The van der Waals surface area contributed by atoms with Crippen LogP contribution in [0.5, 0.6) is 5.75 Å². The third-order valence-corrected chi connectivity index (χ3v) is 13.3. The third-order valence-electron chi connectivity index (χ3n) is 8.87. The van der Waals surface area contributed by atoms with Gasteiger partial charge in [-0.1, -0.05) is 58.0 Å². The predicted octanol–water partition coefficient (Wildman–Crippen LogP) is 7.72. The van der Waals surface area contributed by atoms with Gasteiger partial charge >= 0.3 is 5.97 Å². The lowest BCUT2D eigenvalue weighted by atomic mass is 9.99. The topological polar surface area (TPSA) is 52.8 Å². The van der Waals surface area contributed by atoms with E-state index in [0.717, 1.165) is 41.2 Å². The monoisotopic (exact) mass is 518 g/mol. The zero-order valence-corrected chi connectivity index (χ0v) is 25.0. The van der Waals surface area contributed by atoms with Crippen LogP contribution in [-0.2, 0) is 17.6 Å². The van der Waals surface area contributed by atoms with Crippen LogP contribution in [0, 0.1) is 19.8 Å². The highest BCUT2D eigenvalue weighted by molar-refractivity contribution is 6.75. The smallest absolute Gasteiger partial charge is 0.340 e. The van der Waals surface area contributed by atoms with Crippen LogP contribution in [0.2, 0.25) is 18.1 Å². The summed E-state index contributed by atoms with van der Waals surface area (Å²) in [7, 11) is -2.31. The summed E-state index contributed by atoms with van der Waals surface area (Å²) < 4.78 is 14.7. The Kier molecular flexibility index (Phi) is 7.44. The molecule has 0 N–H and O–H groups in total. The molecular weight excluding hydrogens is 476 g/mol. The van der Waals surface area contributed by atoms with Gasteiger partial charge in [-0.25, -0.2) is 9.78 Å². The number of aromatic nitrogens is 2. The summed E-state index contributed by atoms with van der Waals surface area (Å²) in [6.45, 7) is 19.9. The number of carbonyl (C=O) groups is 1. The Morgan fingerprint density at radius 2 is 1.89 bits per heavy atom. The van der Waals surface area contributed by atoms with Crippen molar-refractivity contribution >= 4 is 25.5 Å². The van der Waals surface area contributed by atoms with E-state index in [4.69, 9.17) is 14.1 Å². The van der Waals surface area contributed by atoms with Crippen LogP contribution in [0.4, 0.5) is 0 Å². The highest BCUT2D eigenvalue weighted by Crippen LogP contribution is 2.46. The molecule has 1 aliphatic carbocycles. The molecular formula is C31H42N2O3Si. The zero-order chi connectivity index (χ0) is 27.1. The zero-order valence-electron chi connectivity index (χ0n) is 24.0. The summed E-state index contributed by atoms with van der Waals surface area (Å²) in [5, 5.41) is 0.000725. The van der Waals surface area contributed by atoms with E-state index in [1.165, 1.54) is 16.7 Å². The van der Waals surface area contributed by atoms with E-state index in [0.29, 0.717) is 24.5 Å². The molecule has 0 saturated carbocycles. The number of nitrogens with zero attached hydrogens (tertiary/aromatic N) is 2. The Hall–Kier alpha value is -2.86. The van der Waals surface area contributed by atoms with Crippen molar-refractivity contribution in [3.05, 3.63) is 70.2 Å². The predicted molar refractivity (Wildman–Crippen MR) is 154 cm³/mol. The molecule has 0 bridgehead atoms. The normalized spacial score (nSPS) is 15.0. The van der Waals surface area contributed by atoms with Gasteiger partial charge in [0.05, 0.1) is 17.9 Å². The third kappa shape index (κ3) is 4.88. The van der Waals surface area contributed by atoms with Gasteiger partial charge in [-0.15, -0.1) is 0 Å². The van der Waals surface area contributed by atoms with Crippen LogP contribution in [0.1, 0.15) is 79.5 Å². The van der Waals surface area contributed by atoms with Gasteiger partial charge in [-0.3, -0.25) is 0 Å². The van der Waals surface area contributed by atoms with E-state index >= 15 is 0 Å². The first-order chi connectivity index (χ1) is 17.4. The molecule has 4 rings (SSSR count). The highest BCUT2D eigenvalue weighted by Gasteiger charge is 2.46. The van der Waals surface area contributed by atoms with Crippen molar-refractivity contribution < 1.29 is 14.0 Å². The maximum atomic E-state index is 13.3. The van der Waals surface area contributed by atoms with Gasteiger partial charge in [0.25, 0.3) is 8.32 Å². The van der Waals surface area contributed by atoms with E-state index in [-0.39, 0.29) is 11.0 Å². The molecule has 3 aromatic rings. The second kappa shape index (κ2) is 10.1. The van der Waals surface area contributed by atoms with Gasteiger partial charge in [0, 0.05) is 17.5 Å². The Bertz CT molecular complexity index is 1360. The molecule has 1 aromatic carbocycles. The lowest BCUT2D eigenvalue weighted by molar-refractivity contribution is 0.0524. The SMILES string of the molecule is CCOC(=O)c1cn2c(C)c(C)nc2c(O[Si](C)(C)C(C)(C)C(C)C)c1C/C=C1\CCc2ccccc21. The number of pyridine rings is 1. The largest absolute Gasteiger partial charge is 0.541 e. The van der Waals surface area contributed by atoms with Crippen LogP contribution in [0.25, 0.3) is 11.2 Å². The molecule has 6 heteroatoms. The van der Waals surface area contributed by atoms with Gasteiger partial charge in [-0.05, 0) is 80.8 Å². The van der Waals surface area contributed by atoms with Crippen molar-refractivity contribution in [1.29, 1.82) is 0 Å². The van der Waals surface area contributed by atoms with E-state index in [1.54, 1.807) is 0 Å². The van der Waals surface area contributed by atoms with Gasteiger partial charge in [0.2, 0.25) is 0 Å². The lowest BCUT2D eigenvalue weighted by Crippen LogP contribution is -2.48. The fraction of sp³-hybridized carbons (Fsp3) is 0.484. The highest BCUT2D eigenvalue weighted by atomic mass is 28.4. The molecule has 0 fully saturated rings. The summed E-state index contributed by atoms with van der Waals surface area (Å²) in [5.74, 6) is 0.861. The summed E-state index contributed by atoms with van der Waals surface area (Å²) in [5.41, 5.74) is 8.16. The molecule has 5 nitrogen and oxygen atoms in total. The number of aryl methyl sites for hydroxylation is 3. The quantitative estimate of drug-likeness (QED) is 0.226. The van der Waals surface area contributed by atoms with Crippen LogP contribution in [0.3, 0.4) is 0 Å². The minimum atomic E-state index is -2.31. The second-order valence-electron chi connectivity index (χ2n) is 11.6. The molecule has 0 unspecified atom stereocenters. The average Bonchev–Trinajstić information content (AvgIpc) is 3.38. The van der Waals surface area contributed by atoms with Gasteiger partial charge < -0.3 is 13.6 Å². The Morgan fingerprint density at radius 1 is 1.19 bits per heavy atom. The molecule has 0 atom stereocenters. The van der Waals surface area contributed by atoms with Crippen molar-refractivity contribution in [2.24, 2.45) is 5.92 Å². The molecule has 0 amide bonds. The maximum absolute atomic E-state index is 13.3. The van der Waals surface area contributed by atoms with E-state index in [9.17, 15) is 4.79 Å². The number of benzene rings is 1. The Balaban J connectivity index is 1.93. The fourth-order valence-electron chi connectivity index (χ4n) is 5.08. The second-order valence-corrected chi connectivity index (χ2v) is 16.1. The summed E-state index contributed by atoms with van der Waals surface area (Å²) in [6.07, 6.45) is 6.82. The summed E-state index contributed by atoms with van der Waals surface area (Å²) >= 11 is 0. The van der Waals surface area contributed by atoms with Crippen molar-refractivity contribution in [2.75, 3.05) is 6.61 Å². The Morgan fingerprint density at radius 3 is 2.57 bits per heavy atom. The number of ether oxygens (including phenoxy) is 1. The summed E-state index contributed by atoms with van der Waals surface area (Å²) in [6, 6.07) is 8.61. The maximum Gasteiger partial charge on any atom is 0.340 e. The number of imidazole rings is 1. The fourth-order valence-corrected chi connectivity index (χ4v) is 7.46. The number of fused-ring (bicyclic) bond motifs is 2. The van der Waals surface area contributed by atoms with Gasteiger partial charge in [0.15, 0.2) is 11.4 Å².